The molecule has 0 atom stereocenters. The van der Waals surface area contributed by atoms with Crippen molar-refractivity contribution in [3.8, 4) is 11.5 Å². The molecule has 86 valence electrons. The van der Waals surface area contributed by atoms with E-state index in [1.54, 1.807) is 11.0 Å². The summed E-state index contributed by atoms with van der Waals surface area (Å²) in [5, 5.41) is 27.4. The van der Waals surface area contributed by atoms with E-state index in [0.29, 0.717) is 19.5 Å². The van der Waals surface area contributed by atoms with Crippen molar-refractivity contribution < 1.29 is 20.1 Å². The van der Waals surface area contributed by atoms with Crippen LogP contribution < -0.4 is 0 Å². The van der Waals surface area contributed by atoms with Crippen LogP contribution in [0.5, 0.6) is 11.5 Å². The summed E-state index contributed by atoms with van der Waals surface area (Å²) in [6.07, 6.45) is 0.691. The fourth-order valence-electron chi connectivity index (χ4n) is 1.97. The van der Waals surface area contributed by atoms with E-state index in [1.165, 1.54) is 6.07 Å². The van der Waals surface area contributed by atoms with Gasteiger partial charge < -0.3 is 15.3 Å². The predicted octanol–water partition coefficient (Wildman–Crippen LogP) is 0.540. The lowest BCUT2D eigenvalue weighted by Gasteiger charge is -2.27. The van der Waals surface area contributed by atoms with Gasteiger partial charge in [-0.05, 0) is 29.7 Å². The van der Waals surface area contributed by atoms with Gasteiger partial charge in [-0.15, -0.1) is 0 Å². The van der Waals surface area contributed by atoms with Gasteiger partial charge in [-0.1, -0.05) is 0 Å². The number of aliphatic carboxylic acids is 1. The standard InChI is InChI=1S/C11H13NO4/c13-9-3-7-1-2-12(6-11(15)16)5-8(7)4-10(9)14/h3-4,13-14H,1-2,5-6H2,(H,15,16). The molecule has 1 aliphatic heterocycles. The molecule has 0 aliphatic carbocycles. The Morgan fingerprint density at radius 3 is 2.50 bits per heavy atom. The minimum atomic E-state index is -0.855. The minimum Gasteiger partial charge on any atom is -0.504 e. The predicted molar refractivity (Wildman–Crippen MR) is 56.4 cm³/mol. The van der Waals surface area contributed by atoms with Crippen molar-refractivity contribution in [2.24, 2.45) is 0 Å². The van der Waals surface area contributed by atoms with Crippen molar-refractivity contribution >= 4 is 5.97 Å². The lowest BCUT2D eigenvalue weighted by molar-refractivity contribution is -0.138. The third-order valence-corrected chi connectivity index (χ3v) is 2.75. The highest BCUT2D eigenvalue weighted by atomic mass is 16.4. The minimum absolute atomic E-state index is 0.00107. The molecule has 0 radical (unpaired) electrons. The molecule has 1 aliphatic rings. The number of carboxylic acid groups (broad SMARTS) is 1. The van der Waals surface area contributed by atoms with E-state index < -0.39 is 5.97 Å². The molecule has 5 heteroatoms. The average Bonchev–Trinajstić information content (AvgIpc) is 2.19. The van der Waals surface area contributed by atoms with Crippen LogP contribution in [0.3, 0.4) is 0 Å². The van der Waals surface area contributed by atoms with Gasteiger partial charge in [0.2, 0.25) is 0 Å². The van der Waals surface area contributed by atoms with Crippen molar-refractivity contribution in [1.29, 1.82) is 0 Å². The van der Waals surface area contributed by atoms with Gasteiger partial charge in [0.1, 0.15) is 0 Å². The van der Waals surface area contributed by atoms with E-state index in [4.69, 9.17) is 5.11 Å². The lowest BCUT2D eigenvalue weighted by Crippen LogP contribution is -2.34. The first-order valence-electron chi connectivity index (χ1n) is 5.04. The van der Waals surface area contributed by atoms with Gasteiger partial charge in [0, 0.05) is 13.1 Å². The van der Waals surface area contributed by atoms with Crippen molar-refractivity contribution in [1.82, 2.24) is 4.90 Å². The molecule has 0 amide bonds. The Labute approximate surface area is 92.6 Å². The Bertz CT molecular complexity index is 430. The third-order valence-electron chi connectivity index (χ3n) is 2.75. The highest BCUT2D eigenvalue weighted by Crippen LogP contribution is 2.31. The average molecular weight is 223 g/mol. The number of carbonyl (C=O) groups is 1. The summed E-state index contributed by atoms with van der Waals surface area (Å²) in [5.41, 5.74) is 1.85. The first-order valence-corrected chi connectivity index (χ1v) is 5.04. The molecule has 16 heavy (non-hydrogen) atoms. The number of fused-ring (bicyclic) bond motifs is 1. The SMILES string of the molecule is O=C(O)CN1CCc2cc(O)c(O)cc2C1. The van der Waals surface area contributed by atoms with Crippen LogP contribution in [0, 0.1) is 0 Å². The Balaban J connectivity index is 2.20. The summed E-state index contributed by atoms with van der Waals surface area (Å²) in [6.45, 7) is 1.15. The van der Waals surface area contributed by atoms with Crippen molar-refractivity contribution in [3.05, 3.63) is 23.3 Å². The molecule has 0 unspecified atom stereocenters. The van der Waals surface area contributed by atoms with Gasteiger partial charge in [0.25, 0.3) is 0 Å². The normalized spacial score (nSPS) is 15.8. The van der Waals surface area contributed by atoms with Crippen molar-refractivity contribution in [2.45, 2.75) is 13.0 Å². The highest BCUT2D eigenvalue weighted by molar-refractivity contribution is 5.69. The van der Waals surface area contributed by atoms with E-state index in [9.17, 15) is 15.0 Å². The number of benzene rings is 1. The van der Waals surface area contributed by atoms with Gasteiger partial charge in [0.15, 0.2) is 11.5 Å². The Morgan fingerprint density at radius 1 is 1.25 bits per heavy atom. The third kappa shape index (κ3) is 2.09. The van der Waals surface area contributed by atoms with E-state index in [2.05, 4.69) is 0 Å². The molecular formula is C11H13NO4. The van der Waals surface area contributed by atoms with E-state index in [1.807, 2.05) is 0 Å². The quantitative estimate of drug-likeness (QED) is 0.637. The van der Waals surface area contributed by atoms with Crippen molar-refractivity contribution in [3.63, 3.8) is 0 Å². The Morgan fingerprint density at radius 2 is 1.88 bits per heavy atom. The monoisotopic (exact) mass is 223 g/mol. The van der Waals surface area contributed by atoms with Crippen LogP contribution in [0.1, 0.15) is 11.1 Å². The molecule has 1 aromatic rings. The molecule has 0 spiro atoms. The van der Waals surface area contributed by atoms with Crippen LogP contribution in [-0.4, -0.2) is 39.3 Å². The second kappa shape index (κ2) is 4.02. The lowest BCUT2D eigenvalue weighted by atomic mass is 9.99. The second-order valence-electron chi connectivity index (χ2n) is 3.96. The van der Waals surface area contributed by atoms with Gasteiger partial charge in [-0.3, -0.25) is 9.69 Å². The summed E-state index contributed by atoms with van der Waals surface area (Å²) in [6, 6.07) is 3.04. The molecular weight excluding hydrogens is 210 g/mol. The summed E-state index contributed by atoms with van der Waals surface area (Å²) in [7, 11) is 0. The molecule has 0 saturated heterocycles. The first-order chi connectivity index (χ1) is 7.56. The zero-order chi connectivity index (χ0) is 11.7. The zero-order valence-electron chi connectivity index (χ0n) is 8.68. The largest absolute Gasteiger partial charge is 0.504 e. The molecule has 1 heterocycles. The number of rotatable bonds is 2. The van der Waals surface area contributed by atoms with Gasteiger partial charge in [-0.25, -0.2) is 0 Å². The topological polar surface area (TPSA) is 81.0 Å². The number of hydrogen-bond donors (Lipinski definition) is 3. The van der Waals surface area contributed by atoms with Gasteiger partial charge >= 0.3 is 5.97 Å². The van der Waals surface area contributed by atoms with Crippen LogP contribution >= 0.6 is 0 Å². The van der Waals surface area contributed by atoms with Crippen LogP contribution in [0.15, 0.2) is 12.1 Å². The molecule has 3 N–H and O–H groups in total. The maximum atomic E-state index is 10.6. The molecule has 0 bridgehead atoms. The van der Waals surface area contributed by atoms with Crippen molar-refractivity contribution in [2.75, 3.05) is 13.1 Å². The molecule has 0 saturated carbocycles. The van der Waals surface area contributed by atoms with Crippen LogP contribution in [-0.2, 0) is 17.8 Å². The molecule has 1 aromatic carbocycles. The van der Waals surface area contributed by atoms with Gasteiger partial charge in [0.05, 0.1) is 6.54 Å². The Kier molecular flexibility index (Phi) is 2.70. The summed E-state index contributed by atoms with van der Waals surface area (Å²) >= 11 is 0. The number of phenols is 2. The zero-order valence-corrected chi connectivity index (χ0v) is 8.68. The summed E-state index contributed by atoms with van der Waals surface area (Å²) in [5.74, 6) is -1.13. The number of carboxylic acids is 1. The summed E-state index contributed by atoms with van der Waals surface area (Å²) in [4.78, 5) is 12.4. The number of phenolic OH excluding ortho intramolecular Hbond substituents is 2. The summed E-state index contributed by atoms with van der Waals surface area (Å²) < 4.78 is 0. The van der Waals surface area contributed by atoms with E-state index in [-0.39, 0.29) is 18.0 Å². The van der Waals surface area contributed by atoms with Crippen LogP contribution in [0.25, 0.3) is 0 Å². The fraction of sp³-hybridized carbons (Fsp3) is 0.364. The van der Waals surface area contributed by atoms with Gasteiger partial charge in [-0.2, -0.15) is 0 Å². The maximum Gasteiger partial charge on any atom is 0.317 e. The van der Waals surface area contributed by atoms with E-state index >= 15 is 0 Å². The number of aromatic hydroxyl groups is 2. The second-order valence-corrected chi connectivity index (χ2v) is 3.96. The smallest absolute Gasteiger partial charge is 0.317 e. The van der Waals surface area contributed by atoms with E-state index in [0.717, 1.165) is 11.1 Å². The molecule has 2 rings (SSSR count). The molecule has 5 nitrogen and oxygen atoms in total. The van der Waals surface area contributed by atoms with Crippen LogP contribution in [0.2, 0.25) is 0 Å². The fourth-order valence-corrected chi connectivity index (χ4v) is 1.97. The highest BCUT2D eigenvalue weighted by Gasteiger charge is 2.19. The molecule has 0 fully saturated rings. The Hall–Kier alpha value is -1.75. The molecule has 0 aromatic heterocycles. The van der Waals surface area contributed by atoms with Crippen LogP contribution in [0.4, 0.5) is 0 Å². The maximum absolute atomic E-state index is 10.6. The number of nitrogens with zero attached hydrogens (tertiary/aromatic N) is 1. The number of hydrogen-bond acceptors (Lipinski definition) is 4. The first kappa shape index (κ1) is 10.8.